The number of fused-ring (bicyclic) bond motifs is 1. The fourth-order valence-electron chi connectivity index (χ4n) is 2.79. The molecule has 0 amide bonds. The maximum Gasteiger partial charge on any atom is 0.128 e. The van der Waals surface area contributed by atoms with Crippen molar-refractivity contribution < 1.29 is 4.39 Å². The minimum Gasteiger partial charge on any atom is -0.309 e. The van der Waals surface area contributed by atoms with Crippen LogP contribution < -0.4 is 5.32 Å². The molecule has 0 aliphatic heterocycles. The molecule has 0 fully saturated rings. The molecule has 1 N–H and O–H groups in total. The Morgan fingerprint density at radius 2 is 2.05 bits per heavy atom. The van der Waals surface area contributed by atoms with E-state index in [9.17, 15) is 4.39 Å². The lowest BCUT2D eigenvalue weighted by Crippen LogP contribution is -2.20. The molecule has 0 saturated carbocycles. The maximum absolute atomic E-state index is 14.4. The Labute approximate surface area is 127 Å². The molecule has 4 heteroatoms. The number of hydrogen-bond acceptors (Lipinski definition) is 3. The zero-order valence-corrected chi connectivity index (χ0v) is 13.1. The van der Waals surface area contributed by atoms with Gasteiger partial charge in [0.15, 0.2) is 0 Å². The van der Waals surface area contributed by atoms with Crippen molar-refractivity contribution in [1.29, 1.82) is 0 Å². The first-order valence-corrected chi connectivity index (χ1v) is 7.75. The monoisotopic (exact) mass is 300 g/mol. The molecule has 0 aliphatic carbocycles. The third-order valence-electron chi connectivity index (χ3n) is 3.72. The van der Waals surface area contributed by atoms with E-state index >= 15 is 0 Å². The second-order valence-corrected chi connectivity index (χ2v) is 6.22. The molecular weight excluding hydrogens is 283 g/mol. The number of hydrogen-bond donors (Lipinski definition) is 1. The van der Waals surface area contributed by atoms with Crippen molar-refractivity contribution in [1.82, 2.24) is 10.3 Å². The number of thiophene rings is 1. The lowest BCUT2D eigenvalue weighted by molar-refractivity contribution is 0.572. The van der Waals surface area contributed by atoms with Gasteiger partial charge in [-0.25, -0.2) is 4.39 Å². The normalized spacial score (nSPS) is 12.8. The van der Waals surface area contributed by atoms with E-state index in [-0.39, 0.29) is 11.9 Å². The molecule has 1 aromatic carbocycles. The number of nitrogens with one attached hydrogen (secondary N) is 1. The number of rotatable bonds is 3. The largest absolute Gasteiger partial charge is 0.309 e. The second-order valence-electron chi connectivity index (χ2n) is 5.27. The summed E-state index contributed by atoms with van der Waals surface area (Å²) in [4.78, 5) is 4.46. The van der Waals surface area contributed by atoms with Gasteiger partial charge in [0.05, 0.1) is 16.3 Å². The van der Waals surface area contributed by atoms with Crippen LogP contribution in [-0.2, 0) is 0 Å². The predicted molar refractivity (Wildman–Crippen MR) is 86.4 cm³/mol. The van der Waals surface area contributed by atoms with Crippen molar-refractivity contribution in [2.24, 2.45) is 0 Å². The highest BCUT2D eigenvalue weighted by Gasteiger charge is 2.19. The van der Waals surface area contributed by atoms with E-state index < -0.39 is 0 Å². The Hall–Kier alpha value is -1.78. The van der Waals surface area contributed by atoms with E-state index in [0.717, 1.165) is 26.9 Å². The molecule has 3 rings (SSSR count). The fourth-order valence-corrected chi connectivity index (χ4v) is 3.58. The molecule has 108 valence electrons. The lowest BCUT2D eigenvalue weighted by atomic mass is 9.94. The standard InChI is InChI=1S/C17H17FN2S/c1-10-6-11(2)16(13(18)7-10)17(19-3)12-8-15-14(20-9-12)4-5-21-15/h4-9,17,19H,1-3H3. The van der Waals surface area contributed by atoms with Gasteiger partial charge in [-0.15, -0.1) is 11.3 Å². The lowest BCUT2D eigenvalue weighted by Gasteiger charge is -2.20. The van der Waals surface area contributed by atoms with Crippen molar-refractivity contribution in [2.75, 3.05) is 7.05 Å². The van der Waals surface area contributed by atoms with E-state index in [1.165, 1.54) is 0 Å². The number of nitrogens with zero attached hydrogens (tertiary/aromatic N) is 1. The Kier molecular flexibility index (Phi) is 3.74. The van der Waals surface area contributed by atoms with Crippen LogP contribution in [-0.4, -0.2) is 12.0 Å². The predicted octanol–water partition coefficient (Wildman–Crippen LogP) is 4.36. The van der Waals surface area contributed by atoms with Crippen molar-refractivity contribution in [3.63, 3.8) is 0 Å². The van der Waals surface area contributed by atoms with Crippen LogP contribution in [0.25, 0.3) is 10.2 Å². The van der Waals surface area contributed by atoms with Gasteiger partial charge in [-0.1, -0.05) is 6.07 Å². The van der Waals surface area contributed by atoms with Gasteiger partial charge in [0.1, 0.15) is 5.82 Å². The number of halogens is 1. The van der Waals surface area contributed by atoms with Crippen LogP contribution in [0.5, 0.6) is 0 Å². The van der Waals surface area contributed by atoms with Crippen LogP contribution in [0.15, 0.2) is 35.8 Å². The van der Waals surface area contributed by atoms with Gasteiger partial charge in [-0.05, 0) is 61.2 Å². The van der Waals surface area contributed by atoms with Gasteiger partial charge in [0.25, 0.3) is 0 Å². The maximum atomic E-state index is 14.4. The summed E-state index contributed by atoms with van der Waals surface area (Å²) < 4.78 is 15.6. The first-order valence-electron chi connectivity index (χ1n) is 6.87. The molecule has 21 heavy (non-hydrogen) atoms. The van der Waals surface area contributed by atoms with E-state index in [0.29, 0.717) is 5.56 Å². The molecular formula is C17H17FN2S. The van der Waals surface area contributed by atoms with E-state index in [1.54, 1.807) is 17.4 Å². The minimum absolute atomic E-state index is 0.168. The second kappa shape index (κ2) is 5.54. The van der Waals surface area contributed by atoms with Crippen molar-refractivity contribution >= 4 is 21.6 Å². The number of pyridine rings is 1. The smallest absolute Gasteiger partial charge is 0.128 e. The molecule has 3 aromatic rings. The zero-order valence-electron chi connectivity index (χ0n) is 12.3. The van der Waals surface area contributed by atoms with Crippen LogP contribution in [0.2, 0.25) is 0 Å². The van der Waals surface area contributed by atoms with E-state index in [2.05, 4.69) is 16.4 Å². The van der Waals surface area contributed by atoms with Crippen molar-refractivity contribution in [3.05, 3.63) is 63.9 Å². The summed E-state index contributed by atoms with van der Waals surface area (Å²) in [6, 6.07) is 7.50. The molecule has 1 atom stereocenters. The highest BCUT2D eigenvalue weighted by Crippen LogP contribution is 2.30. The van der Waals surface area contributed by atoms with Crippen LogP contribution in [0.3, 0.4) is 0 Å². The summed E-state index contributed by atoms with van der Waals surface area (Å²) in [6.45, 7) is 3.86. The third kappa shape index (κ3) is 2.57. The zero-order chi connectivity index (χ0) is 15.0. The number of benzene rings is 1. The van der Waals surface area contributed by atoms with Gasteiger partial charge in [0, 0.05) is 11.8 Å². The summed E-state index contributed by atoms with van der Waals surface area (Å²) in [7, 11) is 1.85. The Balaban J connectivity index is 2.13. The molecule has 0 bridgehead atoms. The Morgan fingerprint density at radius 3 is 2.76 bits per heavy atom. The van der Waals surface area contributed by atoms with E-state index in [1.807, 2.05) is 44.6 Å². The SMILES string of the molecule is CNC(c1cnc2ccsc2c1)c1c(C)cc(C)cc1F. The van der Waals surface area contributed by atoms with Crippen molar-refractivity contribution in [2.45, 2.75) is 19.9 Å². The van der Waals surface area contributed by atoms with Gasteiger partial charge in [-0.3, -0.25) is 4.98 Å². The van der Waals surface area contributed by atoms with Crippen LogP contribution in [0.4, 0.5) is 4.39 Å². The molecule has 0 radical (unpaired) electrons. The fraction of sp³-hybridized carbons (Fsp3) is 0.235. The van der Waals surface area contributed by atoms with Crippen LogP contribution in [0, 0.1) is 19.7 Å². The van der Waals surface area contributed by atoms with Crippen LogP contribution in [0.1, 0.15) is 28.3 Å². The third-order valence-corrected chi connectivity index (χ3v) is 4.57. The van der Waals surface area contributed by atoms with Gasteiger partial charge >= 0.3 is 0 Å². The van der Waals surface area contributed by atoms with Crippen LogP contribution >= 0.6 is 11.3 Å². The highest BCUT2D eigenvalue weighted by molar-refractivity contribution is 7.17. The number of aryl methyl sites for hydroxylation is 2. The summed E-state index contributed by atoms with van der Waals surface area (Å²) in [5, 5.41) is 5.24. The quantitative estimate of drug-likeness (QED) is 0.777. The summed E-state index contributed by atoms with van der Waals surface area (Å²) in [6.07, 6.45) is 1.83. The van der Waals surface area contributed by atoms with E-state index in [4.69, 9.17) is 0 Å². The molecule has 2 aromatic heterocycles. The minimum atomic E-state index is -0.190. The average molecular weight is 300 g/mol. The van der Waals surface area contributed by atoms with Crippen molar-refractivity contribution in [3.8, 4) is 0 Å². The molecule has 0 aliphatic rings. The Bertz CT molecular complexity index is 771. The topological polar surface area (TPSA) is 24.9 Å². The highest BCUT2D eigenvalue weighted by atomic mass is 32.1. The average Bonchev–Trinajstić information content (AvgIpc) is 2.89. The van der Waals surface area contributed by atoms with Gasteiger partial charge in [-0.2, -0.15) is 0 Å². The molecule has 0 saturated heterocycles. The first kappa shape index (κ1) is 14.2. The number of aromatic nitrogens is 1. The molecule has 2 nitrogen and oxygen atoms in total. The van der Waals surface area contributed by atoms with Gasteiger partial charge in [0.2, 0.25) is 0 Å². The Morgan fingerprint density at radius 1 is 1.24 bits per heavy atom. The summed E-state index contributed by atoms with van der Waals surface area (Å²) in [5.41, 5.74) is 4.56. The molecule has 0 spiro atoms. The molecule has 2 heterocycles. The summed E-state index contributed by atoms with van der Waals surface area (Å²) >= 11 is 1.65. The first-order chi connectivity index (χ1) is 10.1. The molecule has 1 unspecified atom stereocenters. The van der Waals surface area contributed by atoms with Gasteiger partial charge < -0.3 is 5.32 Å². The summed E-state index contributed by atoms with van der Waals surface area (Å²) in [5.74, 6) is -0.168.